The molecular formula is C21H33NO11. The van der Waals surface area contributed by atoms with Crippen LogP contribution in [-0.4, -0.2) is 77.2 Å². The zero-order chi connectivity index (χ0) is 25.6. The molecule has 0 spiro atoms. The van der Waals surface area contributed by atoms with Crippen LogP contribution in [0.1, 0.15) is 61.3 Å². The number of ether oxygens (including phenoxy) is 5. The second-order valence-corrected chi connectivity index (χ2v) is 8.70. The average Bonchev–Trinajstić information content (AvgIpc) is 2.60. The van der Waals surface area contributed by atoms with E-state index in [0.717, 1.165) is 27.7 Å². The Morgan fingerprint density at radius 1 is 0.970 bits per heavy atom. The Labute approximate surface area is 192 Å². The van der Waals surface area contributed by atoms with Crippen molar-refractivity contribution in [1.29, 1.82) is 0 Å². The van der Waals surface area contributed by atoms with Gasteiger partial charge in [0.25, 0.3) is 0 Å². The van der Waals surface area contributed by atoms with Crippen molar-refractivity contribution in [1.82, 2.24) is 5.32 Å². The van der Waals surface area contributed by atoms with E-state index in [1.165, 1.54) is 0 Å². The Kier molecular flexibility index (Phi) is 9.79. The maximum atomic E-state index is 12.2. The van der Waals surface area contributed by atoms with Crippen LogP contribution in [-0.2, 0) is 47.7 Å². The van der Waals surface area contributed by atoms with Crippen LogP contribution in [0.15, 0.2) is 0 Å². The first-order valence-electron chi connectivity index (χ1n) is 10.4. The Balaban J connectivity index is 3.37. The first-order chi connectivity index (χ1) is 15.0. The molecule has 1 heterocycles. The third-order valence-corrected chi connectivity index (χ3v) is 4.38. The molecule has 0 unspecified atom stereocenters. The fourth-order valence-electron chi connectivity index (χ4n) is 3.38. The van der Waals surface area contributed by atoms with Crippen molar-refractivity contribution in [3.05, 3.63) is 0 Å². The Morgan fingerprint density at radius 3 is 2.00 bits per heavy atom. The minimum atomic E-state index is -2.38. The highest BCUT2D eigenvalue weighted by Crippen LogP contribution is 2.35. The SMILES string of the molecule is CC(=O)N[C@]1(O)[C@@H](CCC(=O)OC(C)(C)C)O[C@H](COC(C)=O)[C@H](OC(C)=O)[C@@H]1OC(C)=O. The molecule has 33 heavy (non-hydrogen) atoms. The number of hydrogen-bond acceptors (Lipinski definition) is 11. The highest BCUT2D eigenvalue weighted by molar-refractivity contribution is 5.74. The van der Waals surface area contributed by atoms with Gasteiger partial charge in [0.2, 0.25) is 11.6 Å². The van der Waals surface area contributed by atoms with Crippen LogP contribution in [0, 0.1) is 0 Å². The lowest BCUT2D eigenvalue weighted by molar-refractivity contribution is -0.291. The summed E-state index contributed by atoms with van der Waals surface area (Å²) in [5.74, 6) is -3.61. The number of amides is 1. The first-order valence-corrected chi connectivity index (χ1v) is 10.4. The second-order valence-electron chi connectivity index (χ2n) is 8.70. The smallest absolute Gasteiger partial charge is 0.306 e. The second kappa shape index (κ2) is 11.4. The van der Waals surface area contributed by atoms with E-state index >= 15 is 0 Å². The zero-order valence-corrected chi connectivity index (χ0v) is 20.0. The van der Waals surface area contributed by atoms with Crippen molar-refractivity contribution in [2.75, 3.05) is 6.61 Å². The Bertz CT molecular complexity index is 760. The maximum absolute atomic E-state index is 12.2. The van der Waals surface area contributed by atoms with E-state index < -0.39 is 72.1 Å². The molecule has 1 aliphatic rings. The summed E-state index contributed by atoms with van der Waals surface area (Å²) in [6.07, 6.45) is -5.99. The lowest BCUT2D eigenvalue weighted by Crippen LogP contribution is -2.74. The Morgan fingerprint density at radius 2 is 1.55 bits per heavy atom. The van der Waals surface area contributed by atoms with E-state index in [1.807, 2.05) is 0 Å². The van der Waals surface area contributed by atoms with E-state index in [1.54, 1.807) is 20.8 Å². The van der Waals surface area contributed by atoms with Crippen molar-refractivity contribution in [3.63, 3.8) is 0 Å². The van der Waals surface area contributed by atoms with Crippen LogP contribution in [0.2, 0.25) is 0 Å². The molecule has 0 bridgehead atoms. The molecule has 12 heteroatoms. The summed E-state index contributed by atoms with van der Waals surface area (Å²) in [6, 6.07) is 0. The van der Waals surface area contributed by atoms with Gasteiger partial charge in [0.1, 0.15) is 24.4 Å². The fraction of sp³-hybridized carbons (Fsp3) is 0.762. The van der Waals surface area contributed by atoms with Gasteiger partial charge in [0.05, 0.1) is 0 Å². The first kappa shape index (κ1) is 28.3. The molecule has 1 saturated heterocycles. The van der Waals surface area contributed by atoms with Crippen LogP contribution in [0.3, 0.4) is 0 Å². The van der Waals surface area contributed by atoms with Crippen molar-refractivity contribution < 1.29 is 52.8 Å². The summed E-state index contributed by atoms with van der Waals surface area (Å²) >= 11 is 0. The quantitative estimate of drug-likeness (QED) is 0.278. The summed E-state index contributed by atoms with van der Waals surface area (Å²) in [5, 5.41) is 13.7. The van der Waals surface area contributed by atoms with Crippen LogP contribution in [0.4, 0.5) is 0 Å². The molecule has 12 nitrogen and oxygen atoms in total. The molecule has 0 aromatic carbocycles. The summed E-state index contributed by atoms with van der Waals surface area (Å²) in [7, 11) is 0. The summed E-state index contributed by atoms with van der Waals surface area (Å²) < 4.78 is 26.6. The molecule has 2 N–H and O–H groups in total. The van der Waals surface area contributed by atoms with E-state index in [4.69, 9.17) is 23.7 Å². The number of nitrogens with one attached hydrogen (secondary N) is 1. The van der Waals surface area contributed by atoms with Gasteiger partial charge in [-0.3, -0.25) is 24.0 Å². The summed E-state index contributed by atoms with van der Waals surface area (Å²) in [5.41, 5.74) is -3.14. The van der Waals surface area contributed by atoms with E-state index in [0.29, 0.717) is 0 Å². The van der Waals surface area contributed by atoms with Gasteiger partial charge >= 0.3 is 23.9 Å². The van der Waals surface area contributed by atoms with Gasteiger partial charge in [-0.15, -0.1) is 0 Å². The maximum Gasteiger partial charge on any atom is 0.306 e. The van der Waals surface area contributed by atoms with Crippen molar-refractivity contribution >= 4 is 29.8 Å². The van der Waals surface area contributed by atoms with Gasteiger partial charge in [-0.1, -0.05) is 0 Å². The molecule has 0 aromatic heterocycles. The third-order valence-electron chi connectivity index (χ3n) is 4.38. The van der Waals surface area contributed by atoms with Crippen molar-refractivity contribution in [3.8, 4) is 0 Å². The minimum absolute atomic E-state index is 0.174. The summed E-state index contributed by atoms with van der Waals surface area (Å²) in [4.78, 5) is 59.0. The average molecular weight is 475 g/mol. The molecule has 1 fully saturated rings. The lowest BCUT2D eigenvalue weighted by Gasteiger charge is -2.50. The highest BCUT2D eigenvalue weighted by Gasteiger charge is 2.59. The molecule has 0 radical (unpaired) electrons. The number of carbonyl (C=O) groups is 5. The van der Waals surface area contributed by atoms with Crippen LogP contribution in [0.25, 0.3) is 0 Å². The van der Waals surface area contributed by atoms with Crippen molar-refractivity contribution in [2.24, 2.45) is 0 Å². The molecule has 1 aliphatic heterocycles. The van der Waals surface area contributed by atoms with E-state index in [9.17, 15) is 29.1 Å². The van der Waals surface area contributed by atoms with Gasteiger partial charge in [0.15, 0.2) is 12.2 Å². The van der Waals surface area contributed by atoms with E-state index in [-0.39, 0.29) is 12.8 Å². The third kappa shape index (κ3) is 8.97. The predicted octanol–water partition coefficient (Wildman–Crippen LogP) is 0.127. The van der Waals surface area contributed by atoms with Crippen LogP contribution in [0.5, 0.6) is 0 Å². The number of hydrogen-bond donors (Lipinski definition) is 2. The molecule has 1 amide bonds. The number of aliphatic hydroxyl groups is 1. The largest absolute Gasteiger partial charge is 0.463 e. The molecular weight excluding hydrogens is 442 g/mol. The monoisotopic (exact) mass is 475 g/mol. The van der Waals surface area contributed by atoms with E-state index in [2.05, 4.69) is 5.32 Å². The number of carbonyl (C=O) groups excluding carboxylic acids is 5. The predicted molar refractivity (Wildman–Crippen MR) is 110 cm³/mol. The molecule has 0 saturated carbocycles. The molecule has 0 aliphatic carbocycles. The van der Waals surface area contributed by atoms with Gasteiger partial charge in [-0.25, -0.2) is 0 Å². The van der Waals surface area contributed by atoms with Crippen molar-refractivity contribution in [2.45, 2.75) is 97.0 Å². The van der Waals surface area contributed by atoms with Crippen LogP contribution >= 0.6 is 0 Å². The normalized spacial score (nSPS) is 27.2. The van der Waals surface area contributed by atoms with Gasteiger partial charge in [-0.2, -0.15) is 0 Å². The van der Waals surface area contributed by atoms with Gasteiger partial charge < -0.3 is 34.1 Å². The van der Waals surface area contributed by atoms with Gasteiger partial charge in [0, 0.05) is 34.1 Å². The summed E-state index contributed by atoms with van der Waals surface area (Å²) in [6.45, 7) is 9.05. The zero-order valence-electron chi connectivity index (χ0n) is 20.0. The molecule has 188 valence electrons. The number of esters is 4. The van der Waals surface area contributed by atoms with Crippen LogP contribution < -0.4 is 5.32 Å². The standard InChI is InChI=1S/C21H33NO11/c1-11(23)22-21(28)16(8-9-17(27)33-20(5,6)7)32-15(10-29-12(2)24)18(30-13(3)25)19(21)31-14(4)26/h15-16,18-19,28H,8-10H2,1-7H3,(H,22,23)/t15-,16-,18+,19+,21+/m1/s1. The fourth-order valence-corrected chi connectivity index (χ4v) is 3.38. The molecule has 5 atom stereocenters. The minimum Gasteiger partial charge on any atom is -0.463 e. The highest BCUT2D eigenvalue weighted by atomic mass is 16.6. The number of rotatable bonds is 8. The molecule has 0 aromatic rings. The van der Waals surface area contributed by atoms with Gasteiger partial charge in [-0.05, 0) is 27.2 Å². The lowest BCUT2D eigenvalue weighted by atomic mass is 9.86. The molecule has 1 rings (SSSR count). The topological polar surface area (TPSA) is 164 Å². The Hall–Kier alpha value is -2.73.